The van der Waals surface area contributed by atoms with Gasteiger partial charge in [0.1, 0.15) is 0 Å². The SMILES string of the molecule is O=C(CN1CCN(C(=O)c2cnn(-c3ccccc3)n2)CC1)Nc1ccc(Cl)c(C(F)(F)F)c1. The van der Waals surface area contributed by atoms with Crippen LogP contribution in [0.1, 0.15) is 16.1 Å². The molecule has 3 aromatic rings. The van der Waals surface area contributed by atoms with Gasteiger partial charge >= 0.3 is 6.18 Å². The Bertz CT molecular complexity index is 1180. The van der Waals surface area contributed by atoms with Crippen molar-refractivity contribution in [2.45, 2.75) is 6.18 Å². The van der Waals surface area contributed by atoms with Crippen molar-refractivity contribution < 1.29 is 22.8 Å². The number of hydrogen-bond acceptors (Lipinski definition) is 5. The Balaban J connectivity index is 1.29. The molecule has 0 spiro atoms. The number of rotatable bonds is 5. The Morgan fingerprint density at radius 3 is 2.41 bits per heavy atom. The van der Waals surface area contributed by atoms with Crippen molar-refractivity contribution in [2.24, 2.45) is 0 Å². The molecule has 0 aliphatic carbocycles. The summed E-state index contributed by atoms with van der Waals surface area (Å²) in [4.78, 5) is 29.9. The molecule has 0 unspecified atom stereocenters. The molecule has 2 aromatic carbocycles. The van der Waals surface area contributed by atoms with Crippen LogP contribution in [0, 0.1) is 0 Å². The van der Waals surface area contributed by atoms with Crippen molar-refractivity contribution >= 4 is 29.1 Å². The molecular formula is C22H20ClF3N6O2. The van der Waals surface area contributed by atoms with E-state index >= 15 is 0 Å². The first-order valence-corrected chi connectivity index (χ1v) is 10.7. The normalized spacial score (nSPS) is 14.8. The fourth-order valence-corrected chi connectivity index (χ4v) is 3.77. The summed E-state index contributed by atoms with van der Waals surface area (Å²) in [5.74, 6) is -0.715. The van der Waals surface area contributed by atoms with Gasteiger partial charge in [-0.05, 0) is 30.3 Å². The number of para-hydroxylation sites is 1. The van der Waals surface area contributed by atoms with Gasteiger partial charge in [0.05, 0.1) is 29.0 Å². The minimum absolute atomic E-state index is 0.0111. The van der Waals surface area contributed by atoms with Crippen LogP contribution in [0.3, 0.4) is 0 Å². The molecule has 12 heteroatoms. The number of piperazine rings is 1. The number of hydrogen-bond donors (Lipinski definition) is 1. The van der Waals surface area contributed by atoms with E-state index in [2.05, 4.69) is 15.5 Å². The number of nitrogens with one attached hydrogen (secondary N) is 1. The van der Waals surface area contributed by atoms with Crippen LogP contribution in [0.25, 0.3) is 5.69 Å². The van der Waals surface area contributed by atoms with Gasteiger partial charge in [-0.15, -0.1) is 5.10 Å². The molecule has 178 valence electrons. The van der Waals surface area contributed by atoms with Gasteiger partial charge in [-0.1, -0.05) is 29.8 Å². The number of carbonyl (C=O) groups excluding carboxylic acids is 2. The highest BCUT2D eigenvalue weighted by molar-refractivity contribution is 6.31. The van der Waals surface area contributed by atoms with Crippen LogP contribution >= 0.6 is 11.6 Å². The Hall–Kier alpha value is -3.44. The molecule has 0 bridgehead atoms. The molecule has 0 saturated carbocycles. The second kappa shape index (κ2) is 9.82. The predicted octanol–water partition coefficient (Wildman–Crippen LogP) is 3.34. The van der Waals surface area contributed by atoms with Gasteiger partial charge in [0.2, 0.25) is 5.91 Å². The molecule has 2 heterocycles. The van der Waals surface area contributed by atoms with E-state index in [9.17, 15) is 22.8 Å². The number of amides is 2. The van der Waals surface area contributed by atoms with Gasteiger partial charge in [0, 0.05) is 31.9 Å². The third kappa shape index (κ3) is 5.54. The maximum Gasteiger partial charge on any atom is 0.417 e. The molecule has 8 nitrogen and oxygen atoms in total. The maximum atomic E-state index is 13.0. The van der Waals surface area contributed by atoms with Gasteiger partial charge in [-0.25, -0.2) is 0 Å². The van der Waals surface area contributed by atoms with Gasteiger partial charge < -0.3 is 10.2 Å². The van der Waals surface area contributed by atoms with Crippen LogP contribution in [0.15, 0.2) is 54.7 Å². The highest BCUT2D eigenvalue weighted by Gasteiger charge is 2.33. The molecule has 34 heavy (non-hydrogen) atoms. The Kier molecular flexibility index (Phi) is 6.85. The first-order valence-electron chi connectivity index (χ1n) is 10.4. The summed E-state index contributed by atoms with van der Waals surface area (Å²) in [6.45, 7) is 1.60. The summed E-state index contributed by atoms with van der Waals surface area (Å²) in [6.07, 6.45) is -3.20. The number of nitrogens with zero attached hydrogens (tertiary/aromatic N) is 5. The first-order chi connectivity index (χ1) is 16.2. The highest BCUT2D eigenvalue weighted by Crippen LogP contribution is 2.36. The zero-order valence-electron chi connectivity index (χ0n) is 17.8. The van der Waals surface area contributed by atoms with E-state index < -0.39 is 22.7 Å². The van der Waals surface area contributed by atoms with Crippen LogP contribution in [0.2, 0.25) is 5.02 Å². The molecule has 0 radical (unpaired) electrons. The third-order valence-electron chi connectivity index (χ3n) is 5.28. The zero-order valence-corrected chi connectivity index (χ0v) is 18.6. The summed E-state index contributed by atoms with van der Waals surface area (Å²) < 4.78 is 39.0. The summed E-state index contributed by atoms with van der Waals surface area (Å²) in [6, 6.07) is 12.4. The van der Waals surface area contributed by atoms with Crippen LogP contribution in [-0.2, 0) is 11.0 Å². The topological polar surface area (TPSA) is 83.4 Å². The monoisotopic (exact) mass is 492 g/mol. The van der Waals surface area contributed by atoms with Crippen molar-refractivity contribution in [1.29, 1.82) is 0 Å². The molecule has 2 amide bonds. The molecule has 1 N–H and O–H groups in total. The average Bonchev–Trinajstić information content (AvgIpc) is 3.30. The molecule has 4 rings (SSSR count). The van der Waals surface area contributed by atoms with Gasteiger partial charge in [0.15, 0.2) is 5.69 Å². The number of halogens is 4. The standard InChI is InChI=1S/C22H20ClF3N6O2/c23-18-7-6-15(12-17(18)22(24,25)26)28-20(33)14-30-8-10-31(11-9-30)21(34)19-13-27-32(29-19)16-4-2-1-3-5-16/h1-7,12-13H,8-11,14H2,(H,28,33). The van der Waals surface area contributed by atoms with Crippen molar-refractivity contribution in [3.05, 3.63) is 71.0 Å². The second-order valence-corrected chi connectivity index (χ2v) is 8.07. The lowest BCUT2D eigenvalue weighted by atomic mass is 10.2. The highest BCUT2D eigenvalue weighted by atomic mass is 35.5. The largest absolute Gasteiger partial charge is 0.417 e. The lowest BCUT2D eigenvalue weighted by molar-refractivity contribution is -0.137. The summed E-state index contributed by atoms with van der Waals surface area (Å²) >= 11 is 5.61. The summed E-state index contributed by atoms with van der Waals surface area (Å²) in [5.41, 5.74) is -0.0426. The molecule has 1 saturated heterocycles. The minimum Gasteiger partial charge on any atom is -0.335 e. The van der Waals surface area contributed by atoms with Crippen LogP contribution in [0.4, 0.5) is 18.9 Å². The predicted molar refractivity (Wildman–Crippen MR) is 119 cm³/mol. The lowest BCUT2D eigenvalue weighted by Gasteiger charge is -2.33. The molecule has 1 aliphatic heterocycles. The number of anilines is 1. The fourth-order valence-electron chi connectivity index (χ4n) is 3.54. The van der Waals surface area contributed by atoms with E-state index in [4.69, 9.17) is 11.6 Å². The van der Waals surface area contributed by atoms with E-state index in [0.717, 1.165) is 17.8 Å². The summed E-state index contributed by atoms with van der Waals surface area (Å²) in [7, 11) is 0. The number of aromatic nitrogens is 3. The van der Waals surface area contributed by atoms with Gasteiger partial charge in [0.25, 0.3) is 5.91 Å². The fraction of sp³-hybridized carbons (Fsp3) is 0.273. The van der Waals surface area contributed by atoms with Gasteiger partial charge in [-0.2, -0.15) is 23.1 Å². The molecule has 1 fully saturated rings. The molecular weight excluding hydrogens is 473 g/mol. The van der Waals surface area contributed by atoms with E-state index in [1.54, 1.807) is 4.90 Å². The lowest BCUT2D eigenvalue weighted by Crippen LogP contribution is -2.50. The molecule has 1 aromatic heterocycles. The van der Waals surface area contributed by atoms with E-state index in [1.807, 2.05) is 35.2 Å². The number of carbonyl (C=O) groups is 2. The zero-order chi connectivity index (χ0) is 24.3. The number of benzene rings is 2. The minimum atomic E-state index is -4.62. The van der Waals surface area contributed by atoms with E-state index in [-0.39, 0.29) is 23.8 Å². The average molecular weight is 493 g/mol. The van der Waals surface area contributed by atoms with E-state index in [1.165, 1.54) is 17.1 Å². The second-order valence-electron chi connectivity index (χ2n) is 7.66. The number of alkyl halides is 3. The quantitative estimate of drug-likeness (QED) is 0.590. The molecule has 0 atom stereocenters. The summed E-state index contributed by atoms with van der Waals surface area (Å²) in [5, 5.41) is 10.4. The molecule has 1 aliphatic rings. The van der Waals surface area contributed by atoms with Gasteiger partial charge in [-0.3, -0.25) is 14.5 Å². The third-order valence-corrected chi connectivity index (χ3v) is 5.61. The van der Waals surface area contributed by atoms with Crippen LogP contribution in [-0.4, -0.2) is 69.3 Å². The Morgan fingerprint density at radius 1 is 1.03 bits per heavy atom. The van der Waals surface area contributed by atoms with Crippen molar-refractivity contribution in [3.63, 3.8) is 0 Å². The van der Waals surface area contributed by atoms with Crippen LogP contribution in [0.5, 0.6) is 0 Å². The Labute approximate surface area is 197 Å². The smallest absolute Gasteiger partial charge is 0.335 e. The first kappa shape index (κ1) is 23.7. The van der Waals surface area contributed by atoms with Crippen molar-refractivity contribution in [2.75, 3.05) is 38.0 Å². The van der Waals surface area contributed by atoms with Crippen LogP contribution < -0.4 is 5.32 Å². The van der Waals surface area contributed by atoms with E-state index in [0.29, 0.717) is 26.2 Å². The maximum absolute atomic E-state index is 13.0. The van der Waals surface area contributed by atoms with Crippen molar-refractivity contribution in [1.82, 2.24) is 24.8 Å². The Morgan fingerprint density at radius 2 is 1.74 bits per heavy atom. The van der Waals surface area contributed by atoms with Crippen molar-refractivity contribution in [3.8, 4) is 5.69 Å².